The molecular formula is C17H17ClN2O4S. The number of ether oxygens (including phenoxy) is 1. The number of carboxylic acids is 1. The van der Waals surface area contributed by atoms with Crippen molar-refractivity contribution in [1.29, 1.82) is 0 Å². The van der Waals surface area contributed by atoms with E-state index in [-0.39, 0.29) is 5.56 Å². The van der Waals surface area contributed by atoms with Crippen LogP contribution in [-0.2, 0) is 4.74 Å². The minimum absolute atomic E-state index is 0.0551. The minimum Gasteiger partial charge on any atom is -0.478 e. The quantitative estimate of drug-likeness (QED) is 0.781. The van der Waals surface area contributed by atoms with E-state index < -0.39 is 17.7 Å². The minimum atomic E-state index is -1.09. The lowest BCUT2D eigenvalue weighted by molar-refractivity contribution is 0.0632. The molecule has 1 aromatic carbocycles. The first-order valence-electron chi connectivity index (χ1n) is 7.31. The van der Waals surface area contributed by atoms with Gasteiger partial charge in [0, 0.05) is 11.1 Å². The van der Waals surface area contributed by atoms with Crippen LogP contribution in [0.25, 0.3) is 0 Å². The molecular weight excluding hydrogens is 364 g/mol. The lowest BCUT2D eigenvalue weighted by atomic mass is 10.2. The number of anilines is 1. The fraction of sp³-hybridized carbons (Fsp3) is 0.235. The van der Waals surface area contributed by atoms with Crippen LogP contribution in [-0.4, -0.2) is 27.8 Å². The summed E-state index contributed by atoms with van der Waals surface area (Å²) in [4.78, 5) is 28.0. The van der Waals surface area contributed by atoms with Crippen molar-refractivity contribution in [2.45, 2.75) is 36.3 Å². The van der Waals surface area contributed by atoms with E-state index in [1.54, 1.807) is 39.0 Å². The van der Waals surface area contributed by atoms with Crippen molar-refractivity contribution >= 4 is 41.1 Å². The van der Waals surface area contributed by atoms with Gasteiger partial charge < -0.3 is 9.84 Å². The molecule has 2 rings (SSSR count). The topological polar surface area (TPSA) is 88.5 Å². The fourth-order valence-electron chi connectivity index (χ4n) is 1.80. The van der Waals surface area contributed by atoms with Crippen molar-refractivity contribution in [1.82, 2.24) is 4.98 Å². The maximum absolute atomic E-state index is 12.0. The molecule has 1 aromatic heterocycles. The van der Waals surface area contributed by atoms with E-state index in [0.29, 0.717) is 20.6 Å². The van der Waals surface area contributed by atoms with Gasteiger partial charge in [-0.3, -0.25) is 5.32 Å². The van der Waals surface area contributed by atoms with Crippen molar-refractivity contribution in [3.63, 3.8) is 0 Å². The molecule has 0 atom stereocenters. The van der Waals surface area contributed by atoms with Crippen LogP contribution in [0.4, 0.5) is 10.5 Å². The molecule has 0 bridgehead atoms. The van der Waals surface area contributed by atoms with Crippen LogP contribution in [0.15, 0.2) is 46.5 Å². The molecule has 0 saturated carbocycles. The molecule has 0 fully saturated rings. The van der Waals surface area contributed by atoms with Crippen LogP contribution < -0.4 is 5.32 Å². The normalized spacial score (nSPS) is 11.0. The van der Waals surface area contributed by atoms with Gasteiger partial charge in [-0.05, 0) is 51.1 Å². The first kappa shape index (κ1) is 19.1. The van der Waals surface area contributed by atoms with Crippen molar-refractivity contribution < 1.29 is 19.4 Å². The molecule has 6 nitrogen and oxygen atoms in total. The van der Waals surface area contributed by atoms with Crippen molar-refractivity contribution in [3.8, 4) is 0 Å². The number of aromatic nitrogens is 1. The second-order valence-electron chi connectivity index (χ2n) is 6.06. The van der Waals surface area contributed by atoms with Gasteiger partial charge >= 0.3 is 12.1 Å². The molecule has 8 heteroatoms. The highest BCUT2D eigenvalue weighted by Crippen LogP contribution is 2.33. The van der Waals surface area contributed by atoms with E-state index in [2.05, 4.69) is 10.3 Å². The third kappa shape index (κ3) is 5.95. The summed E-state index contributed by atoms with van der Waals surface area (Å²) < 4.78 is 5.22. The van der Waals surface area contributed by atoms with E-state index in [1.807, 2.05) is 0 Å². The lowest BCUT2D eigenvalue weighted by Crippen LogP contribution is -2.27. The largest absolute Gasteiger partial charge is 0.478 e. The Balaban J connectivity index is 2.30. The zero-order valence-electron chi connectivity index (χ0n) is 13.9. The number of carbonyl (C=O) groups is 2. The van der Waals surface area contributed by atoms with Gasteiger partial charge in [0.1, 0.15) is 10.6 Å². The standard InChI is InChI=1S/C17H17ClN2O4S/c1-17(2,3)24-16(23)20-12-8-10(15(21)22)4-6-13(12)25-14-7-5-11(18)9-19-14/h4-9H,1-3H3,(H,20,23)(H,21,22). The Morgan fingerprint density at radius 1 is 1.24 bits per heavy atom. The third-order valence-corrected chi connectivity index (χ3v) is 4.03. The number of rotatable bonds is 4. The summed E-state index contributed by atoms with van der Waals surface area (Å²) in [5.41, 5.74) is -0.283. The van der Waals surface area contributed by atoms with Gasteiger partial charge in [-0.25, -0.2) is 14.6 Å². The van der Waals surface area contributed by atoms with Gasteiger partial charge in [0.25, 0.3) is 0 Å². The fourth-order valence-corrected chi connectivity index (χ4v) is 2.73. The van der Waals surface area contributed by atoms with Crippen molar-refractivity contribution in [2.24, 2.45) is 0 Å². The Morgan fingerprint density at radius 3 is 2.52 bits per heavy atom. The van der Waals surface area contributed by atoms with Gasteiger partial charge in [0.15, 0.2) is 0 Å². The van der Waals surface area contributed by atoms with Crippen LogP contribution in [0.3, 0.4) is 0 Å². The van der Waals surface area contributed by atoms with Gasteiger partial charge in [0.05, 0.1) is 16.3 Å². The zero-order chi connectivity index (χ0) is 18.6. The smallest absolute Gasteiger partial charge is 0.412 e. The number of benzene rings is 1. The van der Waals surface area contributed by atoms with E-state index in [4.69, 9.17) is 21.4 Å². The van der Waals surface area contributed by atoms with Crippen molar-refractivity contribution in [3.05, 3.63) is 47.1 Å². The summed E-state index contributed by atoms with van der Waals surface area (Å²) in [6.07, 6.45) is 0.845. The molecule has 0 aliphatic heterocycles. The van der Waals surface area contributed by atoms with Crippen LogP contribution in [0, 0.1) is 0 Å². The molecule has 1 heterocycles. The second kappa shape index (κ2) is 7.76. The number of aromatic carboxylic acids is 1. The third-order valence-electron chi connectivity index (χ3n) is 2.78. The number of carboxylic acid groups (broad SMARTS) is 1. The van der Waals surface area contributed by atoms with Gasteiger partial charge in [-0.1, -0.05) is 23.4 Å². The Bertz CT molecular complexity index is 788. The van der Waals surface area contributed by atoms with Crippen LogP contribution in [0.1, 0.15) is 31.1 Å². The van der Waals surface area contributed by atoms with E-state index in [9.17, 15) is 9.59 Å². The molecule has 0 saturated heterocycles. The number of hydrogen-bond acceptors (Lipinski definition) is 5. The van der Waals surface area contributed by atoms with Crippen molar-refractivity contribution in [2.75, 3.05) is 5.32 Å². The zero-order valence-corrected chi connectivity index (χ0v) is 15.4. The Morgan fingerprint density at radius 2 is 1.96 bits per heavy atom. The van der Waals surface area contributed by atoms with E-state index in [0.717, 1.165) is 0 Å². The predicted molar refractivity (Wildman–Crippen MR) is 96.6 cm³/mol. The Labute approximate surface area is 154 Å². The summed E-state index contributed by atoms with van der Waals surface area (Å²) in [6.45, 7) is 5.23. The number of nitrogens with one attached hydrogen (secondary N) is 1. The highest BCUT2D eigenvalue weighted by atomic mass is 35.5. The maximum Gasteiger partial charge on any atom is 0.412 e. The number of hydrogen-bond donors (Lipinski definition) is 2. The molecule has 0 aliphatic rings. The maximum atomic E-state index is 12.0. The SMILES string of the molecule is CC(C)(C)OC(=O)Nc1cc(C(=O)O)ccc1Sc1ccc(Cl)cn1. The molecule has 0 spiro atoms. The van der Waals surface area contributed by atoms with Gasteiger partial charge in [-0.2, -0.15) is 0 Å². The van der Waals surface area contributed by atoms with E-state index >= 15 is 0 Å². The highest BCUT2D eigenvalue weighted by molar-refractivity contribution is 7.99. The number of carbonyl (C=O) groups excluding carboxylic acids is 1. The average molecular weight is 381 g/mol. The molecule has 132 valence electrons. The van der Waals surface area contributed by atoms with E-state index in [1.165, 1.54) is 30.1 Å². The molecule has 0 aliphatic carbocycles. The predicted octanol–water partition coefficient (Wildman–Crippen LogP) is 4.93. The first-order valence-corrected chi connectivity index (χ1v) is 8.50. The lowest BCUT2D eigenvalue weighted by Gasteiger charge is -2.20. The first-order chi connectivity index (χ1) is 11.6. The summed E-state index contributed by atoms with van der Waals surface area (Å²) >= 11 is 7.09. The monoisotopic (exact) mass is 380 g/mol. The second-order valence-corrected chi connectivity index (χ2v) is 7.56. The molecule has 0 radical (unpaired) electrons. The Hall–Kier alpha value is -2.25. The molecule has 25 heavy (non-hydrogen) atoms. The number of pyridine rings is 1. The Kier molecular flexibility index (Phi) is 5.92. The van der Waals surface area contributed by atoms with Crippen LogP contribution in [0.2, 0.25) is 5.02 Å². The van der Waals surface area contributed by atoms with Gasteiger partial charge in [-0.15, -0.1) is 0 Å². The highest BCUT2D eigenvalue weighted by Gasteiger charge is 2.18. The van der Waals surface area contributed by atoms with Crippen LogP contribution in [0.5, 0.6) is 0 Å². The number of nitrogens with zero attached hydrogens (tertiary/aromatic N) is 1. The number of halogens is 1. The summed E-state index contributed by atoms with van der Waals surface area (Å²) in [5.74, 6) is -1.09. The summed E-state index contributed by atoms with van der Waals surface area (Å²) in [7, 11) is 0. The molecule has 0 unspecified atom stereocenters. The summed E-state index contributed by atoms with van der Waals surface area (Å²) in [5, 5.41) is 12.9. The van der Waals surface area contributed by atoms with Crippen LogP contribution >= 0.6 is 23.4 Å². The van der Waals surface area contributed by atoms with Gasteiger partial charge in [0.2, 0.25) is 0 Å². The average Bonchev–Trinajstić information content (AvgIpc) is 2.49. The molecule has 1 amide bonds. The molecule has 2 aromatic rings. The summed E-state index contributed by atoms with van der Waals surface area (Å²) in [6, 6.07) is 7.88. The number of amides is 1. The molecule has 2 N–H and O–H groups in total.